The van der Waals surface area contributed by atoms with E-state index in [0.29, 0.717) is 5.92 Å². The van der Waals surface area contributed by atoms with Crippen molar-refractivity contribution >= 4 is 0 Å². The summed E-state index contributed by atoms with van der Waals surface area (Å²) in [5, 5.41) is 4.27. The van der Waals surface area contributed by atoms with Crippen molar-refractivity contribution in [3.8, 4) is 0 Å². The molecule has 1 aromatic rings. The number of rotatable bonds is 3. The molecule has 0 unspecified atom stereocenters. The average Bonchev–Trinajstić information content (AvgIpc) is 2.86. The van der Waals surface area contributed by atoms with E-state index in [2.05, 4.69) is 10.1 Å². The third kappa shape index (κ3) is 4.06. The molecule has 4 heteroatoms. The molecule has 2 aliphatic carbocycles. The molecular weight excluding hydrogens is 262 g/mol. The largest absolute Gasteiger partial charge is 0.339 e. The van der Waals surface area contributed by atoms with Crippen LogP contribution in [0.5, 0.6) is 0 Å². The zero-order valence-corrected chi connectivity index (χ0v) is 13.1. The van der Waals surface area contributed by atoms with Gasteiger partial charge in [-0.05, 0) is 25.7 Å². The Labute approximate surface area is 127 Å². The predicted octanol–water partition coefficient (Wildman–Crippen LogP) is 4.10. The van der Waals surface area contributed by atoms with Gasteiger partial charge in [0.15, 0.2) is 5.82 Å². The van der Waals surface area contributed by atoms with Gasteiger partial charge in [-0.2, -0.15) is 4.98 Å². The molecule has 0 amide bonds. The first-order valence-corrected chi connectivity index (χ1v) is 8.87. The van der Waals surface area contributed by atoms with Crippen LogP contribution in [0.3, 0.4) is 0 Å². The summed E-state index contributed by atoms with van der Waals surface area (Å²) in [7, 11) is 0. The van der Waals surface area contributed by atoms with Crippen molar-refractivity contribution in [2.24, 2.45) is 5.73 Å². The zero-order chi connectivity index (χ0) is 14.5. The molecule has 0 aliphatic heterocycles. The fourth-order valence-electron chi connectivity index (χ4n) is 3.95. The molecule has 21 heavy (non-hydrogen) atoms. The molecular formula is C17H29N3O. The van der Waals surface area contributed by atoms with Gasteiger partial charge in [-0.3, -0.25) is 0 Å². The molecule has 0 atom stereocenters. The summed E-state index contributed by atoms with van der Waals surface area (Å²) in [5.74, 6) is 2.20. The standard InChI is InChI=1S/C17H29N3O/c18-17(11-7-4-8-12-17)13-15-19-16(20-21-15)14-9-5-2-1-3-6-10-14/h14H,1-13,18H2. The predicted molar refractivity (Wildman–Crippen MR) is 83.1 cm³/mol. The lowest BCUT2D eigenvalue weighted by Gasteiger charge is -2.31. The van der Waals surface area contributed by atoms with E-state index in [-0.39, 0.29) is 5.54 Å². The van der Waals surface area contributed by atoms with E-state index >= 15 is 0 Å². The molecule has 0 radical (unpaired) electrons. The first kappa shape index (κ1) is 15.0. The molecule has 2 fully saturated rings. The molecule has 3 rings (SSSR count). The number of nitrogens with two attached hydrogens (primary N) is 1. The summed E-state index contributed by atoms with van der Waals surface area (Å²) in [6.45, 7) is 0. The van der Waals surface area contributed by atoms with Gasteiger partial charge in [0.1, 0.15) is 0 Å². The molecule has 0 aromatic carbocycles. The van der Waals surface area contributed by atoms with Crippen molar-refractivity contribution in [1.82, 2.24) is 10.1 Å². The Kier molecular flexibility index (Phi) is 4.94. The summed E-state index contributed by atoms with van der Waals surface area (Å²) >= 11 is 0. The highest BCUT2D eigenvalue weighted by Crippen LogP contribution is 2.31. The Morgan fingerprint density at radius 2 is 1.57 bits per heavy atom. The van der Waals surface area contributed by atoms with Crippen LogP contribution in [0.2, 0.25) is 0 Å². The highest BCUT2D eigenvalue weighted by Gasteiger charge is 2.30. The number of hydrogen-bond donors (Lipinski definition) is 1. The summed E-state index contributed by atoms with van der Waals surface area (Å²) in [6, 6.07) is 0. The van der Waals surface area contributed by atoms with Gasteiger partial charge in [0, 0.05) is 17.9 Å². The van der Waals surface area contributed by atoms with Crippen LogP contribution in [0.25, 0.3) is 0 Å². The van der Waals surface area contributed by atoms with E-state index in [4.69, 9.17) is 10.3 Å². The average molecular weight is 291 g/mol. The second-order valence-electron chi connectivity index (χ2n) is 7.19. The van der Waals surface area contributed by atoms with Crippen molar-refractivity contribution in [2.45, 2.75) is 94.9 Å². The van der Waals surface area contributed by atoms with Gasteiger partial charge in [0.2, 0.25) is 5.89 Å². The highest BCUT2D eigenvalue weighted by molar-refractivity contribution is 5.01. The smallest absolute Gasteiger partial charge is 0.228 e. The molecule has 1 aromatic heterocycles. The molecule has 118 valence electrons. The van der Waals surface area contributed by atoms with Crippen LogP contribution in [0.15, 0.2) is 4.52 Å². The second-order valence-corrected chi connectivity index (χ2v) is 7.19. The zero-order valence-electron chi connectivity index (χ0n) is 13.1. The number of nitrogens with zero attached hydrogens (tertiary/aromatic N) is 2. The monoisotopic (exact) mass is 291 g/mol. The number of aromatic nitrogens is 2. The van der Waals surface area contributed by atoms with Crippen molar-refractivity contribution < 1.29 is 4.52 Å². The van der Waals surface area contributed by atoms with E-state index in [9.17, 15) is 0 Å². The molecule has 0 bridgehead atoms. The molecule has 0 spiro atoms. The Morgan fingerprint density at radius 1 is 0.952 bits per heavy atom. The second kappa shape index (κ2) is 6.91. The van der Waals surface area contributed by atoms with Crippen LogP contribution in [0.1, 0.15) is 94.7 Å². The van der Waals surface area contributed by atoms with E-state index < -0.39 is 0 Å². The quantitative estimate of drug-likeness (QED) is 0.910. The Hall–Kier alpha value is -0.900. The summed E-state index contributed by atoms with van der Waals surface area (Å²) in [5.41, 5.74) is 6.39. The van der Waals surface area contributed by atoms with Gasteiger partial charge in [0.05, 0.1) is 0 Å². The summed E-state index contributed by atoms with van der Waals surface area (Å²) in [4.78, 5) is 4.69. The molecule has 2 aliphatic rings. The maximum atomic E-state index is 6.50. The lowest BCUT2D eigenvalue weighted by Crippen LogP contribution is -2.43. The van der Waals surface area contributed by atoms with Crippen molar-refractivity contribution in [2.75, 3.05) is 0 Å². The summed E-state index contributed by atoms with van der Waals surface area (Å²) in [6.07, 6.45) is 15.9. The van der Waals surface area contributed by atoms with Crippen LogP contribution in [-0.2, 0) is 6.42 Å². The topological polar surface area (TPSA) is 64.9 Å². The van der Waals surface area contributed by atoms with Crippen molar-refractivity contribution in [3.63, 3.8) is 0 Å². The molecule has 0 saturated heterocycles. The molecule has 2 N–H and O–H groups in total. The van der Waals surface area contributed by atoms with E-state index in [1.807, 2.05) is 0 Å². The fourth-order valence-corrected chi connectivity index (χ4v) is 3.95. The lowest BCUT2D eigenvalue weighted by atomic mass is 9.80. The molecule has 4 nitrogen and oxygen atoms in total. The van der Waals surface area contributed by atoms with Crippen molar-refractivity contribution in [1.29, 1.82) is 0 Å². The molecule has 2 saturated carbocycles. The van der Waals surface area contributed by atoms with Gasteiger partial charge < -0.3 is 10.3 Å². The van der Waals surface area contributed by atoms with E-state index in [1.54, 1.807) is 0 Å². The van der Waals surface area contributed by atoms with E-state index in [0.717, 1.165) is 31.0 Å². The normalized spacial score (nSPS) is 24.4. The fraction of sp³-hybridized carbons (Fsp3) is 0.882. The van der Waals surface area contributed by atoms with Gasteiger partial charge >= 0.3 is 0 Å². The van der Waals surface area contributed by atoms with Crippen LogP contribution in [-0.4, -0.2) is 15.7 Å². The Morgan fingerprint density at radius 3 is 2.29 bits per heavy atom. The van der Waals surface area contributed by atoms with Crippen LogP contribution in [0, 0.1) is 0 Å². The minimum atomic E-state index is -0.108. The minimum absolute atomic E-state index is 0.108. The van der Waals surface area contributed by atoms with Gasteiger partial charge in [0.25, 0.3) is 0 Å². The first-order chi connectivity index (χ1) is 10.3. The SMILES string of the molecule is NC1(Cc2nc(C3CCCCCCC3)no2)CCCCC1. The Balaban J connectivity index is 1.62. The third-order valence-corrected chi connectivity index (χ3v) is 5.31. The third-order valence-electron chi connectivity index (χ3n) is 5.31. The van der Waals surface area contributed by atoms with Crippen LogP contribution >= 0.6 is 0 Å². The van der Waals surface area contributed by atoms with E-state index in [1.165, 1.54) is 64.2 Å². The van der Waals surface area contributed by atoms with Gasteiger partial charge in [-0.15, -0.1) is 0 Å². The summed E-state index contributed by atoms with van der Waals surface area (Å²) < 4.78 is 5.52. The van der Waals surface area contributed by atoms with Crippen LogP contribution in [0.4, 0.5) is 0 Å². The van der Waals surface area contributed by atoms with Gasteiger partial charge in [-0.25, -0.2) is 0 Å². The molecule has 1 heterocycles. The lowest BCUT2D eigenvalue weighted by molar-refractivity contribution is 0.260. The minimum Gasteiger partial charge on any atom is -0.339 e. The van der Waals surface area contributed by atoms with Crippen molar-refractivity contribution in [3.05, 3.63) is 11.7 Å². The maximum Gasteiger partial charge on any atom is 0.228 e. The number of hydrogen-bond acceptors (Lipinski definition) is 4. The van der Waals surface area contributed by atoms with Crippen LogP contribution < -0.4 is 5.73 Å². The highest BCUT2D eigenvalue weighted by atomic mass is 16.5. The maximum absolute atomic E-state index is 6.50. The Bertz CT molecular complexity index is 429. The first-order valence-electron chi connectivity index (χ1n) is 8.87. The van der Waals surface area contributed by atoms with Gasteiger partial charge in [-0.1, -0.05) is 56.5 Å².